The van der Waals surface area contributed by atoms with Crippen molar-refractivity contribution in [3.05, 3.63) is 56.0 Å². The van der Waals surface area contributed by atoms with Crippen LogP contribution in [0.4, 0.5) is 5.69 Å². The molecule has 2 aromatic carbocycles. The van der Waals surface area contributed by atoms with Crippen LogP contribution in [0.3, 0.4) is 0 Å². The lowest BCUT2D eigenvalue weighted by Crippen LogP contribution is -2.21. The van der Waals surface area contributed by atoms with E-state index in [1.165, 1.54) is 24.3 Å². The van der Waals surface area contributed by atoms with Crippen molar-refractivity contribution in [3.63, 3.8) is 0 Å². The maximum Gasteiger partial charge on any atom is 0.340 e. The van der Waals surface area contributed by atoms with Gasteiger partial charge in [0.2, 0.25) is 0 Å². The van der Waals surface area contributed by atoms with Gasteiger partial charge in [-0.05, 0) is 30.3 Å². The Morgan fingerprint density at radius 3 is 2.22 bits per heavy atom. The van der Waals surface area contributed by atoms with Crippen LogP contribution in [-0.4, -0.2) is 33.2 Å². The van der Waals surface area contributed by atoms with Crippen LogP contribution >= 0.6 is 46.4 Å². The van der Waals surface area contributed by atoms with Crippen molar-refractivity contribution in [1.29, 1.82) is 0 Å². The molecule has 0 spiro atoms. The third-order valence-corrected chi connectivity index (χ3v) is 5.68. The average Bonchev–Trinajstić information content (AvgIpc) is 2.57. The molecular formula is C16H11Cl4NO5S. The van der Waals surface area contributed by atoms with E-state index >= 15 is 0 Å². The highest BCUT2D eigenvalue weighted by Gasteiger charge is 2.18. The van der Waals surface area contributed by atoms with Crippen LogP contribution < -0.4 is 5.32 Å². The fourth-order valence-corrected chi connectivity index (χ4v) is 3.34. The number of nitrogens with one attached hydrogen (secondary N) is 1. The van der Waals surface area contributed by atoms with Gasteiger partial charge in [0.1, 0.15) is 0 Å². The summed E-state index contributed by atoms with van der Waals surface area (Å²) in [6.45, 7) is -0.658. The number of hydrogen-bond donors (Lipinski definition) is 1. The van der Waals surface area contributed by atoms with E-state index < -0.39 is 28.3 Å². The van der Waals surface area contributed by atoms with Gasteiger partial charge in [-0.15, -0.1) is 0 Å². The Morgan fingerprint density at radius 2 is 1.59 bits per heavy atom. The molecule has 11 heteroatoms. The van der Waals surface area contributed by atoms with E-state index in [0.717, 1.165) is 12.3 Å². The number of rotatable bonds is 5. The maximum atomic E-state index is 12.1. The lowest BCUT2D eigenvalue weighted by atomic mass is 10.2. The van der Waals surface area contributed by atoms with Crippen molar-refractivity contribution >= 4 is 73.8 Å². The lowest BCUT2D eigenvalue weighted by molar-refractivity contribution is -0.119. The zero-order chi connectivity index (χ0) is 20.4. The molecule has 0 saturated heterocycles. The summed E-state index contributed by atoms with van der Waals surface area (Å²) >= 11 is 23.5. The highest BCUT2D eigenvalue weighted by atomic mass is 35.5. The molecule has 0 saturated carbocycles. The van der Waals surface area contributed by atoms with Crippen LogP contribution in [0.15, 0.2) is 35.2 Å². The number of hydrogen-bond acceptors (Lipinski definition) is 5. The minimum Gasteiger partial charge on any atom is -0.452 e. The smallest absolute Gasteiger partial charge is 0.340 e. The number of anilines is 1. The number of halogens is 4. The summed E-state index contributed by atoms with van der Waals surface area (Å²) in [5.74, 6) is -1.65. The molecule has 0 aliphatic carbocycles. The summed E-state index contributed by atoms with van der Waals surface area (Å²) in [5.41, 5.74) is 0.00387. The van der Waals surface area contributed by atoms with Crippen LogP contribution in [0.2, 0.25) is 20.1 Å². The molecule has 2 aromatic rings. The minimum atomic E-state index is -3.54. The molecule has 144 valence electrons. The molecule has 0 fully saturated rings. The Bertz CT molecular complexity index is 1020. The summed E-state index contributed by atoms with van der Waals surface area (Å²) < 4.78 is 28.0. The van der Waals surface area contributed by atoms with Gasteiger partial charge in [-0.2, -0.15) is 0 Å². The second-order valence-corrected chi connectivity index (χ2v) is 8.93. The Morgan fingerprint density at radius 1 is 0.963 bits per heavy atom. The number of carbonyl (C=O) groups excluding carboxylic acids is 2. The highest BCUT2D eigenvalue weighted by molar-refractivity contribution is 7.90. The van der Waals surface area contributed by atoms with Crippen LogP contribution in [0.1, 0.15) is 10.4 Å². The van der Waals surface area contributed by atoms with Gasteiger partial charge in [-0.3, -0.25) is 4.79 Å². The SMILES string of the molecule is CS(=O)(=O)c1ccc(Cl)c(C(=O)OCC(=O)Nc2cc(Cl)c(Cl)cc2Cl)c1. The van der Waals surface area contributed by atoms with E-state index in [1.54, 1.807) is 0 Å². The largest absolute Gasteiger partial charge is 0.452 e. The predicted molar refractivity (Wildman–Crippen MR) is 105 cm³/mol. The second kappa shape index (κ2) is 8.67. The molecule has 0 unspecified atom stereocenters. The highest BCUT2D eigenvalue weighted by Crippen LogP contribution is 2.32. The molecule has 0 aliphatic heterocycles. The van der Waals surface area contributed by atoms with Gasteiger partial charge in [-0.1, -0.05) is 46.4 Å². The van der Waals surface area contributed by atoms with E-state index in [2.05, 4.69) is 5.32 Å². The maximum absolute atomic E-state index is 12.1. The third-order valence-electron chi connectivity index (χ3n) is 3.20. The van der Waals surface area contributed by atoms with E-state index in [0.29, 0.717) is 0 Å². The Labute approximate surface area is 175 Å². The number of ether oxygens (including phenoxy) is 1. The molecule has 6 nitrogen and oxygen atoms in total. The van der Waals surface area contributed by atoms with Gasteiger partial charge >= 0.3 is 5.97 Å². The Balaban J connectivity index is 2.08. The standard InChI is InChI=1S/C16H11Cl4NO5S/c1-27(24,25)8-2-3-10(17)9(4-8)16(23)26-7-15(22)21-14-6-12(19)11(18)5-13(14)20/h2-6H,7H2,1H3,(H,21,22). The van der Waals surface area contributed by atoms with Crippen molar-refractivity contribution in [2.24, 2.45) is 0 Å². The molecule has 0 heterocycles. The number of amides is 1. The van der Waals surface area contributed by atoms with Crippen LogP contribution in [0.25, 0.3) is 0 Å². The molecule has 0 aliphatic rings. The monoisotopic (exact) mass is 469 g/mol. The summed E-state index contributed by atoms with van der Waals surface area (Å²) in [7, 11) is -3.54. The Hall–Kier alpha value is -1.51. The quantitative estimate of drug-likeness (QED) is 0.513. The number of sulfone groups is 1. The minimum absolute atomic E-state index is 0.0136. The molecule has 27 heavy (non-hydrogen) atoms. The summed E-state index contributed by atoms with van der Waals surface area (Å²) in [4.78, 5) is 24.0. The van der Waals surface area contributed by atoms with Crippen molar-refractivity contribution in [1.82, 2.24) is 0 Å². The molecule has 0 aromatic heterocycles. The summed E-state index contributed by atoms with van der Waals surface area (Å²) in [5, 5.41) is 2.94. The van der Waals surface area contributed by atoms with Crippen LogP contribution in [-0.2, 0) is 19.4 Å². The summed E-state index contributed by atoms with van der Waals surface area (Å²) in [6, 6.07) is 6.28. The Kier molecular flexibility index (Phi) is 6.99. The first-order valence-electron chi connectivity index (χ1n) is 7.10. The molecule has 2 rings (SSSR count). The van der Waals surface area contributed by atoms with Gasteiger partial charge in [0.15, 0.2) is 16.4 Å². The lowest BCUT2D eigenvalue weighted by Gasteiger charge is -2.10. The summed E-state index contributed by atoms with van der Waals surface area (Å²) in [6.07, 6.45) is 0.986. The molecule has 1 amide bonds. The van der Waals surface area contributed by atoms with E-state index in [-0.39, 0.29) is 36.2 Å². The van der Waals surface area contributed by atoms with Crippen LogP contribution in [0, 0.1) is 0 Å². The normalized spacial score (nSPS) is 11.1. The first-order valence-corrected chi connectivity index (χ1v) is 10.5. The second-order valence-electron chi connectivity index (χ2n) is 5.28. The number of carbonyl (C=O) groups is 2. The zero-order valence-electron chi connectivity index (χ0n) is 13.6. The third kappa shape index (κ3) is 5.73. The van der Waals surface area contributed by atoms with Crippen molar-refractivity contribution in [2.45, 2.75) is 4.90 Å². The molecule has 0 bridgehead atoms. The topological polar surface area (TPSA) is 89.5 Å². The fourth-order valence-electron chi connectivity index (χ4n) is 1.90. The zero-order valence-corrected chi connectivity index (χ0v) is 17.4. The van der Waals surface area contributed by atoms with Crippen LogP contribution in [0.5, 0.6) is 0 Å². The predicted octanol–water partition coefficient (Wildman–Crippen LogP) is 4.50. The fraction of sp³-hybridized carbons (Fsp3) is 0.125. The van der Waals surface area contributed by atoms with E-state index in [9.17, 15) is 18.0 Å². The van der Waals surface area contributed by atoms with Crippen molar-refractivity contribution in [3.8, 4) is 0 Å². The van der Waals surface area contributed by atoms with Gasteiger partial charge in [0.05, 0.1) is 36.2 Å². The van der Waals surface area contributed by atoms with E-state index in [1.807, 2.05) is 0 Å². The molecule has 0 radical (unpaired) electrons. The molecular weight excluding hydrogens is 460 g/mol. The van der Waals surface area contributed by atoms with Gasteiger partial charge in [0.25, 0.3) is 5.91 Å². The average molecular weight is 471 g/mol. The number of benzene rings is 2. The van der Waals surface area contributed by atoms with Gasteiger partial charge in [-0.25, -0.2) is 13.2 Å². The first-order chi connectivity index (χ1) is 12.5. The van der Waals surface area contributed by atoms with Crippen molar-refractivity contribution < 1.29 is 22.7 Å². The van der Waals surface area contributed by atoms with Crippen molar-refractivity contribution in [2.75, 3.05) is 18.2 Å². The number of esters is 1. The molecule has 0 atom stereocenters. The van der Waals surface area contributed by atoms with Gasteiger partial charge in [0, 0.05) is 6.26 Å². The van der Waals surface area contributed by atoms with Gasteiger partial charge < -0.3 is 10.1 Å². The first kappa shape index (κ1) is 21.8. The van der Waals surface area contributed by atoms with E-state index in [4.69, 9.17) is 51.1 Å². The molecule has 1 N–H and O–H groups in total.